The molecule has 2 aromatic carbocycles. The fourth-order valence-electron chi connectivity index (χ4n) is 3.98. The fourth-order valence-corrected chi connectivity index (χ4v) is 3.98. The van der Waals surface area contributed by atoms with E-state index in [1.165, 1.54) is 0 Å². The molecule has 6 nitrogen and oxygen atoms in total. The summed E-state index contributed by atoms with van der Waals surface area (Å²) in [6.07, 6.45) is 0. The van der Waals surface area contributed by atoms with Gasteiger partial charge >= 0.3 is 0 Å². The third-order valence-corrected chi connectivity index (χ3v) is 5.25. The van der Waals surface area contributed by atoms with Gasteiger partial charge in [0.25, 0.3) is 0 Å². The van der Waals surface area contributed by atoms with Gasteiger partial charge in [-0.05, 0) is 16.8 Å². The molecule has 6 heteroatoms. The van der Waals surface area contributed by atoms with Gasteiger partial charge in [-0.15, -0.1) is 5.10 Å². The summed E-state index contributed by atoms with van der Waals surface area (Å²) in [6, 6.07) is 14.2. The number of benzene rings is 2. The van der Waals surface area contributed by atoms with Crippen LogP contribution in [0.4, 0.5) is 0 Å². The highest BCUT2D eigenvalue weighted by Crippen LogP contribution is 2.49. The number of methoxy groups -OCH3 is 1. The van der Waals surface area contributed by atoms with E-state index in [2.05, 4.69) is 37.0 Å². The third-order valence-electron chi connectivity index (χ3n) is 5.25. The number of H-pyrrole nitrogens is 1. The number of hydrogen-bond donors (Lipinski definition) is 2. The quantitative estimate of drug-likeness (QED) is 0.690. The van der Waals surface area contributed by atoms with Gasteiger partial charge in [-0.25, -0.2) is 0 Å². The van der Waals surface area contributed by atoms with Gasteiger partial charge in [-0.2, -0.15) is 5.26 Å². The summed E-state index contributed by atoms with van der Waals surface area (Å²) in [5.74, 6) is -0.241. The molecule has 1 aromatic heterocycles. The van der Waals surface area contributed by atoms with E-state index in [0.29, 0.717) is 11.6 Å². The molecular weight excluding hydrogens is 352 g/mol. The molecule has 2 atom stereocenters. The Morgan fingerprint density at radius 2 is 1.93 bits per heavy atom. The molecule has 3 aromatic rings. The van der Waals surface area contributed by atoms with Crippen LogP contribution < -0.4 is 9.47 Å². The lowest BCUT2D eigenvalue weighted by Gasteiger charge is -2.32. The molecule has 0 fully saturated rings. The van der Waals surface area contributed by atoms with Crippen LogP contribution in [-0.2, 0) is 5.41 Å². The average Bonchev–Trinajstić information content (AvgIpc) is 3.10. The number of nitriles is 1. The molecule has 1 aliphatic heterocycles. The van der Waals surface area contributed by atoms with Gasteiger partial charge in [-0.3, -0.25) is 10.5 Å². The SMILES string of the molecule is COc1ccc2ccccc2c1C1c2c(n[nH]c2C(C)(C)C)OC(=N)C1C#N. The summed E-state index contributed by atoms with van der Waals surface area (Å²) in [7, 11) is 1.63. The molecule has 0 aliphatic carbocycles. The molecule has 2 N–H and O–H groups in total. The van der Waals surface area contributed by atoms with E-state index in [0.717, 1.165) is 27.6 Å². The largest absolute Gasteiger partial charge is 0.496 e. The Morgan fingerprint density at radius 3 is 2.61 bits per heavy atom. The maximum atomic E-state index is 9.94. The third kappa shape index (κ3) is 2.63. The molecule has 0 spiro atoms. The monoisotopic (exact) mass is 374 g/mol. The number of nitrogens with one attached hydrogen (secondary N) is 2. The Hall–Kier alpha value is -3.33. The van der Waals surface area contributed by atoms with E-state index in [4.69, 9.17) is 14.9 Å². The predicted molar refractivity (Wildman–Crippen MR) is 107 cm³/mol. The molecule has 2 unspecified atom stereocenters. The van der Waals surface area contributed by atoms with Crippen molar-refractivity contribution in [2.45, 2.75) is 32.1 Å². The van der Waals surface area contributed by atoms with Crippen LogP contribution in [0.3, 0.4) is 0 Å². The first-order chi connectivity index (χ1) is 13.4. The van der Waals surface area contributed by atoms with Gasteiger partial charge < -0.3 is 9.47 Å². The Morgan fingerprint density at radius 1 is 1.18 bits per heavy atom. The van der Waals surface area contributed by atoms with Crippen LogP contribution >= 0.6 is 0 Å². The van der Waals surface area contributed by atoms with Crippen molar-refractivity contribution < 1.29 is 9.47 Å². The van der Waals surface area contributed by atoms with Crippen LogP contribution in [0.25, 0.3) is 10.8 Å². The molecule has 0 radical (unpaired) electrons. The van der Waals surface area contributed by atoms with Crippen molar-refractivity contribution in [3.8, 4) is 17.7 Å². The first kappa shape index (κ1) is 18.1. The smallest absolute Gasteiger partial charge is 0.243 e. The lowest BCUT2D eigenvalue weighted by atomic mass is 9.74. The van der Waals surface area contributed by atoms with Crippen LogP contribution in [0, 0.1) is 22.7 Å². The number of hydrogen-bond acceptors (Lipinski definition) is 5. The summed E-state index contributed by atoms with van der Waals surface area (Å²) in [5.41, 5.74) is 2.37. The standard InChI is InChI=1S/C22H22N4O2/c1-22(2,3)19-18-17(14(11-23)20(24)28-21(18)26-25-19)16-13-8-6-5-7-12(13)9-10-15(16)27-4/h5-10,14,17,24H,1-4H3,(H,25,26). The van der Waals surface area contributed by atoms with Crippen LogP contribution in [0.1, 0.15) is 43.5 Å². The first-order valence-corrected chi connectivity index (χ1v) is 9.17. The minimum Gasteiger partial charge on any atom is -0.496 e. The Bertz CT molecular complexity index is 1120. The number of nitrogens with zero attached hydrogens (tertiary/aromatic N) is 2. The van der Waals surface area contributed by atoms with Crippen LogP contribution in [0.2, 0.25) is 0 Å². The van der Waals surface area contributed by atoms with Crippen LogP contribution in [0.5, 0.6) is 11.6 Å². The lowest BCUT2D eigenvalue weighted by Crippen LogP contribution is -2.32. The number of rotatable bonds is 2. The van der Waals surface area contributed by atoms with Crippen molar-refractivity contribution in [3.05, 3.63) is 53.2 Å². The van der Waals surface area contributed by atoms with E-state index in [1.54, 1.807) is 7.11 Å². The van der Waals surface area contributed by atoms with Crippen molar-refractivity contribution in [1.82, 2.24) is 10.2 Å². The lowest BCUT2D eigenvalue weighted by molar-refractivity contribution is 0.396. The van der Waals surface area contributed by atoms with Gasteiger partial charge in [0.15, 0.2) is 0 Å². The molecule has 2 heterocycles. The molecule has 28 heavy (non-hydrogen) atoms. The number of fused-ring (bicyclic) bond motifs is 2. The highest BCUT2D eigenvalue weighted by Gasteiger charge is 2.44. The summed E-state index contributed by atoms with van der Waals surface area (Å²) < 4.78 is 11.3. The second-order valence-electron chi connectivity index (χ2n) is 8.02. The summed E-state index contributed by atoms with van der Waals surface area (Å²) in [5, 5.41) is 27.7. The van der Waals surface area contributed by atoms with Gasteiger partial charge in [0.2, 0.25) is 11.8 Å². The minimum absolute atomic E-state index is 0.0954. The average molecular weight is 374 g/mol. The summed E-state index contributed by atoms with van der Waals surface area (Å²) >= 11 is 0. The zero-order chi connectivity index (χ0) is 20.1. The van der Waals surface area contributed by atoms with Crippen molar-refractivity contribution in [2.75, 3.05) is 7.11 Å². The summed E-state index contributed by atoms with van der Waals surface area (Å²) in [4.78, 5) is 0. The summed E-state index contributed by atoms with van der Waals surface area (Å²) in [6.45, 7) is 6.25. The predicted octanol–water partition coefficient (Wildman–Crippen LogP) is 4.51. The Balaban J connectivity index is 2.10. The second-order valence-corrected chi connectivity index (χ2v) is 8.02. The number of ether oxygens (including phenoxy) is 2. The van der Waals surface area contributed by atoms with E-state index in [1.807, 2.05) is 36.4 Å². The highest BCUT2D eigenvalue weighted by atomic mass is 16.5. The van der Waals surface area contributed by atoms with Gasteiger partial charge in [0.1, 0.15) is 11.7 Å². The number of aromatic nitrogens is 2. The van der Waals surface area contributed by atoms with Gasteiger partial charge in [-0.1, -0.05) is 51.1 Å². The van der Waals surface area contributed by atoms with Crippen molar-refractivity contribution in [2.24, 2.45) is 5.92 Å². The zero-order valence-electron chi connectivity index (χ0n) is 16.3. The minimum atomic E-state index is -0.772. The van der Waals surface area contributed by atoms with Crippen molar-refractivity contribution in [3.63, 3.8) is 0 Å². The van der Waals surface area contributed by atoms with E-state index >= 15 is 0 Å². The zero-order valence-corrected chi connectivity index (χ0v) is 16.3. The molecule has 0 bridgehead atoms. The molecule has 1 aliphatic rings. The molecule has 0 saturated carbocycles. The highest BCUT2D eigenvalue weighted by molar-refractivity contribution is 5.92. The maximum absolute atomic E-state index is 9.94. The second kappa shape index (κ2) is 6.38. The molecule has 142 valence electrons. The van der Waals surface area contributed by atoms with E-state index in [-0.39, 0.29) is 11.3 Å². The molecular formula is C22H22N4O2. The van der Waals surface area contributed by atoms with E-state index < -0.39 is 11.8 Å². The topological polar surface area (TPSA) is 94.8 Å². The van der Waals surface area contributed by atoms with Crippen molar-refractivity contribution in [1.29, 1.82) is 10.7 Å². The van der Waals surface area contributed by atoms with Crippen LogP contribution in [0.15, 0.2) is 36.4 Å². The molecule has 0 amide bonds. The van der Waals surface area contributed by atoms with Gasteiger partial charge in [0, 0.05) is 28.2 Å². The first-order valence-electron chi connectivity index (χ1n) is 9.17. The van der Waals surface area contributed by atoms with Crippen molar-refractivity contribution >= 4 is 16.7 Å². The fraction of sp³-hybridized carbons (Fsp3) is 0.318. The Kier molecular flexibility index (Phi) is 4.11. The van der Waals surface area contributed by atoms with E-state index in [9.17, 15) is 5.26 Å². The Labute approximate surface area is 163 Å². The van der Waals surface area contributed by atoms with Crippen LogP contribution in [-0.4, -0.2) is 23.2 Å². The molecule has 4 rings (SSSR count). The number of aromatic amines is 1. The molecule has 0 saturated heterocycles. The maximum Gasteiger partial charge on any atom is 0.243 e. The normalized spacial score (nSPS) is 19.0. The van der Waals surface area contributed by atoms with Gasteiger partial charge in [0.05, 0.1) is 13.2 Å².